The number of nitrogens with zero attached hydrogens (tertiary/aromatic N) is 5. The molecule has 8 nitrogen and oxygen atoms in total. The lowest BCUT2D eigenvalue weighted by molar-refractivity contribution is -0.137. The maximum absolute atomic E-state index is 13.0. The Bertz CT molecular complexity index is 1330. The van der Waals surface area contributed by atoms with Crippen molar-refractivity contribution in [1.82, 2.24) is 15.0 Å². The molecule has 200 valence electrons. The highest BCUT2D eigenvalue weighted by Gasteiger charge is 2.30. The van der Waals surface area contributed by atoms with E-state index >= 15 is 0 Å². The summed E-state index contributed by atoms with van der Waals surface area (Å²) in [6, 6.07) is 6.27. The molecule has 0 bridgehead atoms. The second-order valence-corrected chi connectivity index (χ2v) is 9.77. The van der Waals surface area contributed by atoms with Crippen molar-refractivity contribution >= 4 is 40.8 Å². The molecule has 0 amide bonds. The van der Waals surface area contributed by atoms with Crippen molar-refractivity contribution in [2.24, 2.45) is 0 Å². The van der Waals surface area contributed by atoms with Gasteiger partial charge < -0.3 is 20.2 Å². The number of hydrogen-bond donors (Lipinski definition) is 2. The molecule has 2 aliphatic heterocycles. The first-order valence-electron chi connectivity index (χ1n) is 12.4. The van der Waals surface area contributed by atoms with Crippen molar-refractivity contribution in [3.8, 4) is 0 Å². The molecule has 0 unspecified atom stereocenters. The molecule has 1 aromatic carbocycles. The van der Waals surface area contributed by atoms with Crippen LogP contribution in [0.5, 0.6) is 0 Å². The summed E-state index contributed by atoms with van der Waals surface area (Å²) in [5.74, 6) is 0.561. The highest BCUT2D eigenvalue weighted by molar-refractivity contribution is 6.33. The van der Waals surface area contributed by atoms with Crippen molar-refractivity contribution in [3.05, 3.63) is 63.9 Å². The minimum Gasteiger partial charge on any atom is -0.478 e. The topological polar surface area (TPSA) is 94.5 Å². The van der Waals surface area contributed by atoms with Gasteiger partial charge in [-0.3, -0.25) is 0 Å². The van der Waals surface area contributed by atoms with E-state index in [0.29, 0.717) is 49.2 Å². The first kappa shape index (κ1) is 26.0. The number of halogens is 4. The van der Waals surface area contributed by atoms with E-state index < -0.39 is 17.7 Å². The molecule has 5 rings (SSSR count). The van der Waals surface area contributed by atoms with Crippen LogP contribution >= 0.6 is 11.6 Å². The van der Waals surface area contributed by atoms with Gasteiger partial charge in [0.1, 0.15) is 11.6 Å². The van der Waals surface area contributed by atoms with Gasteiger partial charge in [0.05, 0.1) is 21.8 Å². The molecule has 12 heteroatoms. The fraction of sp³-hybridized carbons (Fsp3) is 0.385. The van der Waals surface area contributed by atoms with Crippen LogP contribution in [0.15, 0.2) is 36.5 Å². The maximum atomic E-state index is 13.0. The third-order valence-electron chi connectivity index (χ3n) is 6.81. The number of alkyl halides is 3. The molecule has 0 aliphatic carbocycles. The fourth-order valence-electron chi connectivity index (χ4n) is 4.80. The third-order valence-corrected chi connectivity index (χ3v) is 7.09. The van der Waals surface area contributed by atoms with Crippen molar-refractivity contribution in [3.63, 3.8) is 0 Å². The SMILES string of the molecule is O=C(O)c1cnc(N2CCc3nc(N4CCCCC4)nc(Nc4ccc(C(F)(F)F)cc4)c3CC2)c(Cl)c1. The number of aromatic carboxylic acids is 1. The zero-order valence-corrected chi connectivity index (χ0v) is 21.2. The Morgan fingerprint density at radius 1 is 0.974 bits per heavy atom. The number of carbonyl (C=O) groups is 1. The molecule has 2 N–H and O–H groups in total. The number of anilines is 4. The number of carboxylic acids is 1. The van der Waals surface area contributed by atoms with Gasteiger partial charge in [-0.1, -0.05) is 11.6 Å². The van der Waals surface area contributed by atoms with Crippen LogP contribution in [0, 0.1) is 0 Å². The highest BCUT2D eigenvalue weighted by Crippen LogP contribution is 2.33. The number of benzene rings is 1. The van der Waals surface area contributed by atoms with E-state index in [1.165, 1.54) is 24.4 Å². The minimum absolute atomic E-state index is 0.0110. The van der Waals surface area contributed by atoms with Crippen LogP contribution in [-0.4, -0.2) is 52.2 Å². The summed E-state index contributed by atoms with van der Waals surface area (Å²) in [7, 11) is 0. The molecule has 2 aromatic heterocycles. The van der Waals surface area contributed by atoms with Crippen molar-refractivity contribution < 1.29 is 23.1 Å². The molecule has 0 saturated carbocycles. The summed E-state index contributed by atoms with van der Waals surface area (Å²) in [5.41, 5.74) is 1.53. The van der Waals surface area contributed by atoms with Crippen molar-refractivity contribution in [2.75, 3.05) is 41.3 Å². The normalized spacial score (nSPS) is 16.1. The lowest BCUT2D eigenvalue weighted by Crippen LogP contribution is -2.31. The van der Waals surface area contributed by atoms with Gasteiger partial charge in [-0.25, -0.2) is 14.8 Å². The minimum atomic E-state index is -4.41. The summed E-state index contributed by atoms with van der Waals surface area (Å²) in [6.45, 7) is 2.78. The molecule has 0 spiro atoms. The molecule has 4 heterocycles. The predicted octanol–water partition coefficient (Wildman–Crippen LogP) is 5.58. The fourth-order valence-corrected chi connectivity index (χ4v) is 5.08. The van der Waals surface area contributed by atoms with E-state index in [1.54, 1.807) is 0 Å². The lowest BCUT2D eigenvalue weighted by atomic mass is 10.1. The molecule has 0 atom stereocenters. The number of rotatable bonds is 5. The molecule has 3 aromatic rings. The smallest absolute Gasteiger partial charge is 0.416 e. The van der Waals surface area contributed by atoms with Gasteiger partial charge in [0.25, 0.3) is 0 Å². The van der Waals surface area contributed by atoms with Crippen molar-refractivity contribution in [2.45, 2.75) is 38.3 Å². The number of piperidine rings is 1. The van der Waals surface area contributed by atoms with Gasteiger partial charge in [0.15, 0.2) is 0 Å². The van der Waals surface area contributed by atoms with Gasteiger partial charge in [0.2, 0.25) is 5.95 Å². The third kappa shape index (κ3) is 5.62. The summed E-state index contributed by atoms with van der Waals surface area (Å²) < 4.78 is 39.1. The van der Waals surface area contributed by atoms with E-state index in [1.807, 2.05) is 4.90 Å². The number of pyridine rings is 1. The van der Waals surface area contributed by atoms with Crippen LogP contribution in [0.2, 0.25) is 5.02 Å². The van der Waals surface area contributed by atoms with Gasteiger partial charge in [0, 0.05) is 50.0 Å². The zero-order valence-electron chi connectivity index (χ0n) is 20.4. The number of fused-ring (bicyclic) bond motifs is 1. The second-order valence-electron chi connectivity index (χ2n) is 9.37. The van der Waals surface area contributed by atoms with Gasteiger partial charge in [-0.15, -0.1) is 0 Å². The number of hydrogen-bond acceptors (Lipinski definition) is 7. The quantitative estimate of drug-likeness (QED) is 0.428. The maximum Gasteiger partial charge on any atom is 0.416 e. The molecular weight excluding hydrogens is 521 g/mol. The molecule has 38 heavy (non-hydrogen) atoms. The lowest BCUT2D eigenvalue weighted by Gasteiger charge is -2.28. The van der Waals surface area contributed by atoms with Crippen LogP contribution in [0.1, 0.15) is 46.4 Å². The monoisotopic (exact) mass is 546 g/mol. The molecule has 1 fully saturated rings. The Morgan fingerprint density at radius 3 is 2.34 bits per heavy atom. The zero-order chi connectivity index (χ0) is 26.9. The van der Waals surface area contributed by atoms with Crippen LogP contribution in [-0.2, 0) is 19.0 Å². The van der Waals surface area contributed by atoms with E-state index in [2.05, 4.69) is 15.2 Å². The van der Waals surface area contributed by atoms with E-state index in [9.17, 15) is 23.1 Å². The summed E-state index contributed by atoms with van der Waals surface area (Å²) in [5, 5.41) is 12.7. The van der Waals surface area contributed by atoms with Gasteiger partial charge in [-0.05, 0) is 56.0 Å². The van der Waals surface area contributed by atoms with Gasteiger partial charge >= 0.3 is 12.1 Å². The Labute approximate surface area is 222 Å². The van der Waals surface area contributed by atoms with Crippen molar-refractivity contribution in [1.29, 1.82) is 0 Å². The number of nitrogens with one attached hydrogen (secondary N) is 1. The molecular formula is C26H26ClF3N6O2. The highest BCUT2D eigenvalue weighted by atomic mass is 35.5. The van der Waals surface area contributed by atoms with E-state index in [-0.39, 0.29) is 10.6 Å². The Hall–Kier alpha value is -3.60. The van der Waals surface area contributed by atoms with Crippen LogP contribution in [0.4, 0.5) is 36.4 Å². The Morgan fingerprint density at radius 2 is 1.68 bits per heavy atom. The molecule has 0 radical (unpaired) electrons. The number of aromatic nitrogens is 3. The largest absolute Gasteiger partial charge is 0.478 e. The predicted molar refractivity (Wildman–Crippen MR) is 139 cm³/mol. The van der Waals surface area contributed by atoms with Crippen LogP contribution in [0.3, 0.4) is 0 Å². The first-order valence-corrected chi connectivity index (χ1v) is 12.8. The number of carboxylic acid groups (broad SMARTS) is 1. The second kappa shape index (κ2) is 10.6. The Balaban J connectivity index is 1.46. The van der Waals surface area contributed by atoms with Crippen LogP contribution in [0.25, 0.3) is 0 Å². The van der Waals surface area contributed by atoms with Gasteiger partial charge in [-0.2, -0.15) is 18.2 Å². The molecule has 1 saturated heterocycles. The summed E-state index contributed by atoms with van der Waals surface area (Å²) in [4.78, 5) is 29.4. The van der Waals surface area contributed by atoms with E-state index in [0.717, 1.165) is 55.7 Å². The Kier molecular flexibility index (Phi) is 7.29. The van der Waals surface area contributed by atoms with E-state index in [4.69, 9.17) is 21.6 Å². The standard InChI is InChI=1S/C26H26ClF3N6O2/c27-20-14-16(24(37)38)15-31-23(20)35-12-8-19-21(9-13-35)33-25(36-10-2-1-3-11-36)34-22(19)32-18-6-4-17(5-7-18)26(28,29)30/h4-7,14-15H,1-3,8-13H2,(H,37,38)(H,32,33,34). The molecule has 2 aliphatic rings. The summed E-state index contributed by atoms with van der Waals surface area (Å²) >= 11 is 6.39. The first-order chi connectivity index (χ1) is 18.2. The summed E-state index contributed by atoms with van der Waals surface area (Å²) in [6.07, 6.45) is 1.23. The van der Waals surface area contributed by atoms with Crippen LogP contribution < -0.4 is 15.1 Å². The average Bonchev–Trinajstić information content (AvgIpc) is 3.12. The average molecular weight is 547 g/mol.